The average Bonchev–Trinajstić information content (AvgIpc) is 2.78. The van der Waals surface area contributed by atoms with Gasteiger partial charge in [0.25, 0.3) is 0 Å². The van der Waals surface area contributed by atoms with E-state index in [9.17, 15) is 22.7 Å². The lowest BCUT2D eigenvalue weighted by Gasteiger charge is -2.29. The Bertz CT molecular complexity index is 1130. The third-order valence-electron chi connectivity index (χ3n) is 5.99. The molecule has 0 saturated heterocycles. The van der Waals surface area contributed by atoms with Gasteiger partial charge in [0.2, 0.25) is 10.0 Å². The van der Waals surface area contributed by atoms with E-state index in [0.29, 0.717) is 30.4 Å². The van der Waals surface area contributed by atoms with Gasteiger partial charge in [-0.15, -0.1) is 0 Å². The van der Waals surface area contributed by atoms with E-state index in [-0.39, 0.29) is 40.8 Å². The van der Waals surface area contributed by atoms with Crippen LogP contribution in [0.4, 0.5) is 4.39 Å². The number of nitrogens with one attached hydrogen (secondary N) is 1. The van der Waals surface area contributed by atoms with Crippen LogP contribution in [0.5, 0.6) is 0 Å². The highest BCUT2D eigenvalue weighted by Gasteiger charge is 2.25. The number of sulfonamides is 1. The maximum atomic E-state index is 13.8. The molecule has 0 bridgehead atoms. The molecule has 200 valence electrons. The van der Waals surface area contributed by atoms with Crippen LogP contribution >= 0.6 is 11.6 Å². The minimum Gasteiger partial charge on any atom is -0.481 e. The first-order chi connectivity index (χ1) is 16.8. The summed E-state index contributed by atoms with van der Waals surface area (Å²) in [6, 6.07) is 11.1. The number of halogens is 2. The van der Waals surface area contributed by atoms with Gasteiger partial charge in [0.1, 0.15) is 5.82 Å². The van der Waals surface area contributed by atoms with Gasteiger partial charge < -0.3 is 15.5 Å². The number of rotatable bonds is 15. The van der Waals surface area contributed by atoms with E-state index < -0.39 is 22.1 Å². The van der Waals surface area contributed by atoms with E-state index in [1.807, 2.05) is 19.9 Å². The summed E-state index contributed by atoms with van der Waals surface area (Å²) in [7, 11) is -2.52. The molecule has 2 aromatic carbocycles. The number of hydrogen-bond donors (Lipinski definition) is 3. The van der Waals surface area contributed by atoms with Gasteiger partial charge in [0, 0.05) is 37.1 Å². The van der Waals surface area contributed by atoms with Gasteiger partial charge in [-0.3, -0.25) is 4.79 Å². The summed E-state index contributed by atoms with van der Waals surface area (Å²) in [5.74, 6) is -1.13. The molecular formula is C26H36ClFN2O5S. The van der Waals surface area contributed by atoms with Crippen LogP contribution in [0.3, 0.4) is 0 Å². The van der Waals surface area contributed by atoms with Gasteiger partial charge in [-0.25, -0.2) is 12.8 Å². The van der Waals surface area contributed by atoms with Crippen LogP contribution in [0.25, 0.3) is 0 Å². The Kier molecular flexibility index (Phi) is 11.3. The van der Waals surface area contributed by atoms with Crippen LogP contribution in [0.2, 0.25) is 5.02 Å². The topological polar surface area (TPSA) is 107 Å². The molecule has 0 fully saturated rings. The molecule has 0 amide bonds. The number of carbonyl (C=O) groups is 1. The van der Waals surface area contributed by atoms with Gasteiger partial charge in [0.15, 0.2) is 0 Å². The smallest absolute Gasteiger partial charge is 0.303 e. The van der Waals surface area contributed by atoms with Crippen LogP contribution in [0.1, 0.15) is 50.7 Å². The van der Waals surface area contributed by atoms with Crippen molar-refractivity contribution in [3.8, 4) is 0 Å². The highest BCUT2D eigenvalue weighted by atomic mass is 35.5. The molecule has 7 nitrogen and oxygen atoms in total. The Morgan fingerprint density at radius 3 is 2.53 bits per heavy atom. The number of carboxylic acids is 1. The first-order valence-corrected chi connectivity index (χ1v) is 13.8. The number of hydrogen-bond acceptors (Lipinski definition) is 5. The first kappa shape index (κ1) is 30.2. The van der Waals surface area contributed by atoms with Crippen LogP contribution in [-0.4, -0.2) is 60.7 Å². The molecule has 0 unspecified atom stereocenters. The number of β-amino-alcohol motifs (C(OH)–C–C–N with tert-alkyl or cyclic N) is 1. The standard InChI is InChI=1S/C26H36ClFN2O5S/c1-26(2,13-7-10-20-9-4-5-11-24(20)28)29-17-22(31)18-30(3)36(34,35)23-15-19(14-21(27)16-23)8-6-12-25(32)33/h4-5,9,11,14-16,22,29,31H,6-8,10,12-13,17-18H2,1-3H3,(H,32,33)/t22-/m1/s1. The van der Waals surface area contributed by atoms with E-state index in [1.54, 1.807) is 18.2 Å². The molecule has 0 heterocycles. The fraction of sp³-hybridized carbons (Fsp3) is 0.500. The largest absolute Gasteiger partial charge is 0.481 e. The number of aliphatic hydroxyl groups excluding tert-OH is 1. The molecule has 0 radical (unpaired) electrons. The molecule has 0 aliphatic carbocycles. The monoisotopic (exact) mass is 542 g/mol. The fourth-order valence-electron chi connectivity index (χ4n) is 3.90. The molecule has 36 heavy (non-hydrogen) atoms. The maximum absolute atomic E-state index is 13.8. The zero-order valence-electron chi connectivity index (χ0n) is 21.0. The Balaban J connectivity index is 1.89. The summed E-state index contributed by atoms with van der Waals surface area (Å²) in [6.07, 6.45) is 1.89. The van der Waals surface area contributed by atoms with Crippen LogP contribution < -0.4 is 5.32 Å². The Morgan fingerprint density at radius 2 is 1.86 bits per heavy atom. The second-order valence-electron chi connectivity index (χ2n) is 9.69. The Hall–Kier alpha value is -2.04. The molecule has 3 N–H and O–H groups in total. The molecular weight excluding hydrogens is 507 g/mol. The highest BCUT2D eigenvalue weighted by Crippen LogP contribution is 2.23. The summed E-state index contributed by atoms with van der Waals surface area (Å²) >= 11 is 6.12. The van der Waals surface area contributed by atoms with E-state index in [0.717, 1.165) is 17.1 Å². The summed E-state index contributed by atoms with van der Waals surface area (Å²) in [5, 5.41) is 22.8. The summed E-state index contributed by atoms with van der Waals surface area (Å²) in [4.78, 5) is 10.7. The number of benzene rings is 2. The lowest BCUT2D eigenvalue weighted by molar-refractivity contribution is -0.137. The van der Waals surface area contributed by atoms with Gasteiger partial charge in [-0.2, -0.15) is 4.31 Å². The minimum absolute atomic E-state index is 0.00328. The number of aliphatic carboxylic acids is 1. The second-order valence-corrected chi connectivity index (χ2v) is 12.2. The third kappa shape index (κ3) is 9.78. The Morgan fingerprint density at radius 1 is 1.17 bits per heavy atom. The van der Waals surface area contributed by atoms with Gasteiger partial charge in [-0.05, 0) is 81.3 Å². The van der Waals surface area contributed by atoms with Crippen LogP contribution in [0, 0.1) is 5.82 Å². The van der Waals surface area contributed by atoms with Crippen molar-refractivity contribution in [2.75, 3.05) is 20.1 Å². The summed E-state index contributed by atoms with van der Waals surface area (Å²) < 4.78 is 41.0. The summed E-state index contributed by atoms with van der Waals surface area (Å²) in [6.45, 7) is 4.03. The molecule has 2 rings (SSSR count). The van der Waals surface area contributed by atoms with Gasteiger partial charge in [-0.1, -0.05) is 29.8 Å². The van der Waals surface area contributed by atoms with Crippen LogP contribution in [-0.2, 0) is 27.7 Å². The van der Waals surface area contributed by atoms with Gasteiger partial charge in [0.05, 0.1) is 11.0 Å². The van der Waals surface area contributed by atoms with Crippen molar-refractivity contribution in [1.29, 1.82) is 0 Å². The zero-order chi connectivity index (χ0) is 26.9. The molecule has 0 aromatic heterocycles. The fourth-order valence-corrected chi connectivity index (χ4v) is 5.53. The van der Waals surface area contributed by atoms with Crippen molar-refractivity contribution in [1.82, 2.24) is 9.62 Å². The quantitative estimate of drug-likeness (QED) is 0.310. The van der Waals surface area contributed by atoms with Crippen molar-refractivity contribution >= 4 is 27.6 Å². The van der Waals surface area contributed by atoms with E-state index in [1.165, 1.54) is 25.2 Å². The predicted octanol–water partition coefficient (Wildman–Crippen LogP) is 4.26. The van der Waals surface area contributed by atoms with Crippen molar-refractivity contribution in [2.45, 2.75) is 68.9 Å². The third-order valence-corrected chi connectivity index (χ3v) is 8.00. The molecule has 2 aromatic rings. The first-order valence-electron chi connectivity index (χ1n) is 11.9. The number of carboxylic acid groups (broad SMARTS) is 1. The normalized spacial score (nSPS) is 13.2. The molecule has 0 saturated carbocycles. The molecule has 0 aliphatic rings. The number of aryl methyl sites for hydroxylation is 2. The SMILES string of the molecule is CN(C[C@H](O)CNC(C)(C)CCCc1ccccc1F)S(=O)(=O)c1cc(Cl)cc(CCCC(=O)O)c1. The number of aliphatic hydroxyl groups is 1. The van der Waals surface area contributed by atoms with Crippen molar-refractivity contribution < 1.29 is 27.8 Å². The van der Waals surface area contributed by atoms with E-state index in [4.69, 9.17) is 16.7 Å². The summed E-state index contributed by atoms with van der Waals surface area (Å²) in [5.41, 5.74) is 0.975. The van der Waals surface area contributed by atoms with Crippen LogP contribution in [0.15, 0.2) is 47.4 Å². The lowest BCUT2D eigenvalue weighted by atomic mass is 9.95. The van der Waals surface area contributed by atoms with Crippen molar-refractivity contribution in [3.63, 3.8) is 0 Å². The number of nitrogens with zero attached hydrogens (tertiary/aromatic N) is 1. The number of likely N-dealkylation sites (N-methyl/N-ethyl adjacent to an activating group) is 1. The van der Waals surface area contributed by atoms with E-state index in [2.05, 4.69) is 5.32 Å². The zero-order valence-corrected chi connectivity index (χ0v) is 22.6. The second kappa shape index (κ2) is 13.5. The van der Waals surface area contributed by atoms with E-state index >= 15 is 0 Å². The molecule has 0 spiro atoms. The predicted molar refractivity (Wildman–Crippen MR) is 139 cm³/mol. The molecule has 1 atom stereocenters. The van der Waals surface area contributed by atoms with Gasteiger partial charge >= 0.3 is 5.97 Å². The van der Waals surface area contributed by atoms with Crippen molar-refractivity contribution in [2.24, 2.45) is 0 Å². The maximum Gasteiger partial charge on any atom is 0.303 e. The molecule has 0 aliphatic heterocycles. The van der Waals surface area contributed by atoms with Crippen molar-refractivity contribution in [3.05, 3.63) is 64.4 Å². The lowest BCUT2D eigenvalue weighted by Crippen LogP contribution is -2.46. The minimum atomic E-state index is -3.91. The molecule has 10 heteroatoms. The Labute approximate surface area is 218 Å². The highest BCUT2D eigenvalue weighted by molar-refractivity contribution is 7.89. The average molecular weight is 543 g/mol.